The number of aliphatic hydroxyl groups is 1. The Bertz CT molecular complexity index is 622. The highest BCUT2D eigenvalue weighted by molar-refractivity contribution is 5.85. The predicted molar refractivity (Wildman–Crippen MR) is 79.4 cm³/mol. The fraction of sp³-hybridized carbons (Fsp3) is 0.471. The molecule has 2 aliphatic heterocycles. The molecule has 2 unspecified atom stereocenters. The van der Waals surface area contributed by atoms with E-state index in [0.29, 0.717) is 12.1 Å². The van der Waals surface area contributed by atoms with Crippen molar-refractivity contribution in [3.63, 3.8) is 0 Å². The van der Waals surface area contributed by atoms with E-state index >= 15 is 0 Å². The molecule has 2 saturated heterocycles. The molecule has 4 rings (SSSR count). The van der Waals surface area contributed by atoms with Crippen molar-refractivity contribution >= 4 is 10.8 Å². The molecule has 2 N–H and O–H groups in total. The third-order valence-electron chi connectivity index (χ3n) is 4.93. The molecule has 1 aromatic heterocycles. The van der Waals surface area contributed by atoms with E-state index in [1.807, 2.05) is 24.5 Å². The Morgan fingerprint density at radius 2 is 1.95 bits per heavy atom. The fourth-order valence-corrected chi connectivity index (χ4v) is 4.08. The van der Waals surface area contributed by atoms with Crippen LogP contribution in [0, 0.1) is 0 Å². The Kier molecular flexibility index (Phi) is 2.79. The first-order chi connectivity index (χ1) is 9.74. The largest absolute Gasteiger partial charge is 0.385 e. The van der Waals surface area contributed by atoms with Gasteiger partial charge in [-0.3, -0.25) is 4.98 Å². The lowest BCUT2D eigenvalue weighted by atomic mass is 9.73. The van der Waals surface area contributed by atoms with Gasteiger partial charge in [-0.1, -0.05) is 24.6 Å². The van der Waals surface area contributed by atoms with Crippen LogP contribution in [0.15, 0.2) is 36.7 Å². The average Bonchev–Trinajstić information content (AvgIpc) is 2.46. The number of aromatic nitrogens is 1. The Balaban J connectivity index is 1.81. The molecule has 2 aromatic rings. The molecule has 1 aromatic carbocycles. The molecule has 104 valence electrons. The van der Waals surface area contributed by atoms with Crippen LogP contribution in [0.4, 0.5) is 0 Å². The summed E-state index contributed by atoms with van der Waals surface area (Å²) < 4.78 is 0. The summed E-state index contributed by atoms with van der Waals surface area (Å²) in [7, 11) is 0. The number of rotatable bonds is 1. The number of hydrogen-bond acceptors (Lipinski definition) is 3. The summed E-state index contributed by atoms with van der Waals surface area (Å²) in [4.78, 5) is 4.19. The second kappa shape index (κ2) is 4.54. The standard InChI is InChI=1S/C17H20N2O/c20-17(9-13-4-2-5-14(10-17)19-13)16-6-1-3-12-11-18-8-7-15(12)16/h1,3,6-8,11,13-14,19-20H,2,4-5,9-10H2. The summed E-state index contributed by atoms with van der Waals surface area (Å²) in [5.41, 5.74) is 0.387. The SMILES string of the molecule is OC1(c2cccc3cnccc23)CC2CCCC(C1)N2. The molecule has 0 spiro atoms. The van der Waals surface area contributed by atoms with Gasteiger partial charge in [0.05, 0.1) is 5.60 Å². The van der Waals surface area contributed by atoms with Gasteiger partial charge in [-0.2, -0.15) is 0 Å². The highest BCUT2D eigenvalue weighted by Crippen LogP contribution is 2.41. The van der Waals surface area contributed by atoms with Gasteiger partial charge in [0.25, 0.3) is 0 Å². The van der Waals surface area contributed by atoms with E-state index in [1.165, 1.54) is 19.3 Å². The van der Waals surface area contributed by atoms with Crippen LogP contribution in [0.25, 0.3) is 10.8 Å². The van der Waals surface area contributed by atoms with Crippen molar-refractivity contribution in [2.45, 2.75) is 49.8 Å². The van der Waals surface area contributed by atoms with Crippen LogP contribution in [0.1, 0.15) is 37.7 Å². The molecule has 0 amide bonds. The van der Waals surface area contributed by atoms with Crippen LogP contribution >= 0.6 is 0 Å². The monoisotopic (exact) mass is 268 g/mol. The average molecular weight is 268 g/mol. The number of pyridine rings is 1. The van der Waals surface area contributed by atoms with Crippen molar-refractivity contribution in [2.75, 3.05) is 0 Å². The third-order valence-corrected chi connectivity index (χ3v) is 4.93. The summed E-state index contributed by atoms with van der Waals surface area (Å²) in [6, 6.07) is 9.14. The Hall–Kier alpha value is -1.45. The second-order valence-electron chi connectivity index (χ2n) is 6.33. The molecule has 3 heteroatoms. The number of nitrogens with zero attached hydrogens (tertiary/aromatic N) is 1. The van der Waals surface area contributed by atoms with Crippen molar-refractivity contribution in [1.29, 1.82) is 0 Å². The summed E-state index contributed by atoms with van der Waals surface area (Å²) in [6.45, 7) is 0. The maximum Gasteiger partial charge on any atom is 0.0932 e. The summed E-state index contributed by atoms with van der Waals surface area (Å²) >= 11 is 0. The quantitative estimate of drug-likeness (QED) is 0.836. The third kappa shape index (κ3) is 1.93. The predicted octanol–water partition coefficient (Wildman–Crippen LogP) is 2.73. The van der Waals surface area contributed by atoms with E-state index in [1.54, 1.807) is 0 Å². The molecule has 3 heterocycles. The van der Waals surface area contributed by atoms with Crippen molar-refractivity contribution in [2.24, 2.45) is 0 Å². The van der Waals surface area contributed by atoms with E-state index in [2.05, 4.69) is 22.4 Å². The van der Waals surface area contributed by atoms with Crippen molar-refractivity contribution in [3.8, 4) is 0 Å². The zero-order valence-electron chi connectivity index (χ0n) is 11.5. The van der Waals surface area contributed by atoms with Gasteiger partial charge in [-0.15, -0.1) is 0 Å². The number of benzene rings is 1. The van der Waals surface area contributed by atoms with Crippen molar-refractivity contribution in [1.82, 2.24) is 10.3 Å². The topological polar surface area (TPSA) is 45.2 Å². The lowest BCUT2D eigenvalue weighted by Gasteiger charge is -2.45. The molecule has 0 radical (unpaired) electrons. The van der Waals surface area contributed by atoms with Gasteiger partial charge < -0.3 is 10.4 Å². The number of fused-ring (bicyclic) bond motifs is 3. The summed E-state index contributed by atoms with van der Waals surface area (Å²) in [5.74, 6) is 0. The van der Waals surface area contributed by atoms with Gasteiger partial charge in [0, 0.05) is 29.9 Å². The van der Waals surface area contributed by atoms with Crippen LogP contribution < -0.4 is 5.32 Å². The lowest BCUT2D eigenvalue weighted by molar-refractivity contribution is -0.0347. The Morgan fingerprint density at radius 1 is 1.15 bits per heavy atom. The highest BCUT2D eigenvalue weighted by Gasteiger charge is 2.42. The smallest absolute Gasteiger partial charge is 0.0932 e. The van der Waals surface area contributed by atoms with Crippen LogP contribution in [0.2, 0.25) is 0 Å². The molecular weight excluding hydrogens is 248 g/mol. The van der Waals surface area contributed by atoms with E-state index in [9.17, 15) is 5.11 Å². The minimum Gasteiger partial charge on any atom is -0.385 e. The minimum absolute atomic E-state index is 0.463. The van der Waals surface area contributed by atoms with Crippen molar-refractivity contribution in [3.05, 3.63) is 42.2 Å². The van der Waals surface area contributed by atoms with Crippen LogP contribution in [-0.2, 0) is 5.60 Å². The Morgan fingerprint density at radius 3 is 2.75 bits per heavy atom. The zero-order valence-corrected chi connectivity index (χ0v) is 11.5. The van der Waals surface area contributed by atoms with Crippen molar-refractivity contribution < 1.29 is 5.11 Å². The molecule has 20 heavy (non-hydrogen) atoms. The van der Waals surface area contributed by atoms with E-state index in [0.717, 1.165) is 29.2 Å². The van der Waals surface area contributed by atoms with E-state index in [-0.39, 0.29) is 0 Å². The summed E-state index contributed by atoms with van der Waals surface area (Å²) in [6.07, 6.45) is 9.01. The first-order valence-corrected chi connectivity index (χ1v) is 7.56. The lowest BCUT2D eigenvalue weighted by Crippen LogP contribution is -2.54. The fourth-order valence-electron chi connectivity index (χ4n) is 4.08. The first kappa shape index (κ1) is 12.3. The molecule has 2 atom stereocenters. The highest BCUT2D eigenvalue weighted by atomic mass is 16.3. The molecule has 2 aliphatic rings. The second-order valence-corrected chi connectivity index (χ2v) is 6.33. The first-order valence-electron chi connectivity index (χ1n) is 7.56. The number of piperidine rings is 2. The van der Waals surface area contributed by atoms with Gasteiger partial charge in [0.1, 0.15) is 0 Å². The van der Waals surface area contributed by atoms with Gasteiger partial charge in [-0.25, -0.2) is 0 Å². The van der Waals surface area contributed by atoms with E-state index in [4.69, 9.17) is 0 Å². The molecule has 2 bridgehead atoms. The zero-order chi connectivity index (χ0) is 13.6. The van der Waals surface area contributed by atoms with Crippen LogP contribution in [-0.4, -0.2) is 22.2 Å². The van der Waals surface area contributed by atoms with Crippen LogP contribution in [0.5, 0.6) is 0 Å². The molecule has 0 saturated carbocycles. The van der Waals surface area contributed by atoms with Gasteiger partial charge in [0.15, 0.2) is 0 Å². The van der Waals surface area contributed by atoms with Gasteiger partial charge >= 0.3 is 0 Å². The maximum atomic E-state index is 11.3. The molecule has 3 nitrogen and oxygen atoms in total. The maximum absolute atomic E-state index is 11.3. The number of nitrogens with one attached hydrogen (secondary N) is 1. The van der Waals surface area contributed by atoms with Crippen LogP contribution in [0.3, 0.4) is 0 Å². The van der Waals surface area contributed by atoms with Gasteiger partial charge in [-0.05, 0) is 42.7 Å². The molecule has 2 fully saturated rings. The normalized spacial score (nSPS) is 33.2. The minimum atomic E-state index is -0.693. The summed E-state index contributed by atoms with van der Waals surface area (Å²) in [5, 5.41) is 17.2. The van der Waals surface area contributed by atoms with Gasteiger partial charge in [0.2, 0.25) is 0 Å². The molecular formula is C17H20N2O. The van der Waals surface area contributed by atoms with E-state index < -0.39 is 5.60 Å². The molecule has 0 aliphatic carbocycles. The Labute approximate surface area is 119 Å². The number of hydrogen-bond donors (Lipinski definition) is 2.